The van der Waals surface area contributed by atoms with Gasteiger partial charge in [0.05, 0.1) is 0 Å². The number of rotatable bonds is 3. The molecule has 0 atom stereocenters. The average molecular weight is 165 g/mol. The molecule has 0 unspecified atom stereocenters. The van der Waals surface area contributed by atoms with Gasteiger partial charge in [0.1, 0.15) is 5.75 Å². The predicted octanol–water partition coefficient (Wildman–Crippen LogP) is 1.81. The molecule has 0 radical (unpaired) electrons. The first-order valence-electron chi connectivity index (χ1n) is 4.23. The second-order valence-electron chi connectivity index (χ2n) is 2.91. The molecule has 0 aliphatic heterocycles. The number of phenolic OH excluding ortho intramolecular Hbond substituents is 1. The number of benzene rings is 1. The molecule has 0 aliphatic rings. The molecular weight excluding hydrogens is 150 g/mol. The van der Waals surface area contributed by atoms with Crippen LogP contribution in [0.3, 0.4) is 0 Å². The van der Waals surface area contributed by atoms with Crippen molar-refractivity contribution >= 4 is 0 Å². The number of hydrogen-bond acceptors (Lipinski definition) is 2. The van der Waals surface area contributed by atoms with Crippen molar-refractivity contribution in [2.24, 2.45) is 0 Å². The van der Waals surface area contributed by atoms with E-state index in [-0.39, 0.29) is 0 Å². The number of phenols is 1. The van der Waals surface area contributed by atoms with Gasteiger partial charge < -0.3 is 10.4 Å². The van der Waals surface area contributed by atoms with Crippen molar-refractivity contribution in [2.75, 3.05) is 6.54 Å². The van der Waals surface area contributed by atoms with Gasteiger partial charge in [0.25, 0.3) is 0 Å². The molecule has 0 amide bonds. The van der Waals surface area contributed by atoms with Crippen LogP contribution in [0.25, 0.3) is 0 Å². The van der Waals surface area contributed by atoms with Crippen LogP contribution in [-0.2, 0) is 6.54 Å². The minimum absolute atomic E-state index is 0.385. The Morgan fingerprint density at radius 2 is 2.17 bits per heavy atom. The van der Waals surface area contributed by atoms with E-state index in [1.807, 2.05) is 26.0 Å². The number of aryl methyl sites for hydroxylation is 1. The summed E-state index contributed by atoms with van der Waals surface area (Å²) in [6.45, 7) is 5.68. The van der Waals surface area contributed by atoms with Crippen molar-refractivity contribution in [2.45, 2.75) is 20.4 Å². The molecule has 0 fully saturated rings. The first kappa shape index (κ1) is 9.07. The topological polar surface area (TPSA) is 32.3 Å². The van der Waals surface area contributed by atoms with Crippen LogP contribution in [0.5, 0.6) is 5.75 Å². The summed E-state index contributed by atoms with van der Waals surface area (Å²) in [5.41, 5.74) is 2.05. The lowest BCUT2D eigenvalue weighted by Gasteiger charge is -2.05. The molecule has 2 heteroatoms. The van der Waals surface area contributed by atoms with Crippen molar-refractivity contribution in [3.05, 3.63) is 29.3 Å². The highest BCUT2D eigenvalue weighted by Gasteiger charge is 1.98. The zero-order valence-corrected chi connectivity index (χ0v) is 7.59. The molecule has 0 aliphatic carbocycles. The molecule has 0 saturated heterocycles. The minimum Gasteiger partial charge on any atom is -0.508 e. The fourth-order valence-electron chi connectivity index (χ4n) is 1.08. The lowest BCUT2D eigenvalue weighted by Crippen LogP contribution is -2.11. The summed E-state index contributed by atoms with van der Waals surface area (Å²) in [6.07, 6.45) is 0. The quantitative estimate of drug-likeness (QED) is 0.716. The van der Waals surface area contributed by atoms with Crippen molar-refractivity contribution in [1.29, 1.82) is 0 Å². The Bertz CT molecular complexity index is 258. The smallest absolute Gasteiger partial charge is 0.120 e. The second-order valence-corrected chi connectivity index (χ2v) is 2.91. The average Bonchev–Trinajstić information content (AvgIpc) is 2.03. The standard InChI is InChI=1S/C10H15NO/c1-3-11-7-9-5-4-8(2)6-10(9)12/h4-6,11-12H,3,7H2,1-2H3. The summed E-state index contributed by atoms with van der Waals surface area (Å²) in [5.74, 6) is 0.385. The van der Waals surface area contributed by atoms with Crippen LogP contribution in [0.1, 0.15) is 18.1 Å². The summed E-state index contributed by atoms with van der Waals surface area (Å²) >= 11 is 0. The Hall–Kier alpha value is -1.02. The molecule has 0 saturated carbocycles. The molecule has 66 valence electrons. The minimum atomic E-state index is 0.385. The van der Waals surface area contributed by atoms with Crippen LogP contribution in [0.15, 0.2) is 18.2 Å². The largest absolute Gasteiger partial charge is 0.508 e. The molecule has 1 aromatic rings. The fourth-order valence-corrected chi connectivity index (χ4v) is 1.08. The van der Waals surface area contributed by atoms with Crippen molar-refractivity contribution in [1.82, 2.24) is 5.32 Å². The second kappa shape index (κ2) is 4.12. The molecule has 2 N–H and O–H groups in total. The van der Waals surface area contributed by atoms with Crippen LogP contribution in [-0.4, -0.2) is 11.7 Å². The third-order valence-corrected chi connectivity index (χ3v) is 1.81. The van der Waals surface area contributed by atoms with E-state index in [2.05, 4.69) is 5.32 Å². The Labute approximate surface area is 73.2 Å². The third kappa shape index (κ3) is 2.24. The van der Waals surface area contributed by atoms with E-state index >= 15 is 0 Å². The Balaban J connectivity index is 2.72. The summed E-state index contributed by atoms with van der Waals surface area (Å²) < 4.78 is 0. The monoisotopic (exact) mass is 165 g/mol. The van der Waals surface area contributed by atoms with E-state index in [1.54, 1.807) is 6.07 Å². The van der Waals surface area contributed by atoms with Gasteiger partial charge in [0.2, 0.25) is 0 Å². The van der Waals surface area contributed by atoms with Gasteiger partial charge in [-0.2, -0.15) is 0 Å². The van der Waals surface area contributed by atoms with Crippen molar-refractivity contribution < 1.29 is 5.11 Å². The first-order chi connectivity index (χ1) is 5.74. The molecule has 0 spiro atoms. The van der Waals surface area contributed by atoms with Crippen molar-refractivity contribution in [3.63, 3.8) is 0 Å². The molecule has 1 rings (SSSR count). The van der Waals surface area contributed by atoms with E-state index in [4.69, 9.17) is 0 Å². The van der Waals surface area contributed by atoms with Crippen LogP contribution >= 0.6 is 0 Å². The summed E-state index contributed by atoms with van der Waals surface area (Å²) in [7, 11) is 0. The van der Waals surface area contributed by atoms with Crippen LogP contribution in [0.2, 0.25) is 0 Å². The number of aromatic hydroxyl groups is 1. The molecule has 0 bridgehead atoms. The fraction of sp³-hybridized carbons (Fsp3) is 0.400. The van der Waals surface area contributed by atoms with Gasteiger partial charge in [0.15, 0.2) is 0 Å². The summed E-state index contributed by atoms with van der Waals surface area (Å²) in [4.78, 5) is 0. The molecule has 12 heavy (non-hydrogen) atoms. The summed E-state index contributed by atoms with van der Waals surface area (Å²) in [6, 6.07) is 5.74. The van der Waals surface area contributed by atoms with Gasteiger partial charge >= 0.3 is 0 Å². The first-order valence-corrected chi connectivity index (χ1v) is 4.23. The molecule has 0 heterocycles. The molecule has 0 aromatic heterocycles. The van der Waals surface area contributed by atoms with E-state index in [9.17, 15) is 5.11 Å². The number of nitrogens with one attached hydrogen (secondary N) is 1. The molecular formula is C10H15NO. The maximum atomic E-state index is 9.48. The SMILES string of the molecule is CCNCc1ccc(C)cc1O. The zero-order chi connectivity index (χ0) is 8.97. The maximum absolute atomic E-state index is 9.48. The summed E-state index contributed by atoms with van der Waals surface area (Å²) in [5, 5.41) is 12.6. The number of hydrogen-bond donors (Lipinski definition) is 2. The van der Waals surface area contributed by atoms with E-state index in [0.717, 1.165) is 24.2 Å². The van der Waals surface area contributed by atoms with Crippen LogP contribution < -0.4 is 5.32 Å². The Morgan fingerprint density at radius 1 is 1.42 bits per heavy atom. The van der Waals surface area contributed by atoms with Gasteiger partial charge in [0, 0.05) is 12.1 Å². The maximum Gasteiger partial charge on any atom is 0.120 e. The van der Waals surface area contributed by atoms with Gasteiger partial charge in [-0.3, -0.25) is 0 Å². The van der Waals surface area contributed by atoms with E-state index in [1.165, 1.54) is 0 Å². The highest BCUT2D eigenvalue weighted by molar-refractivity contribution is 5.35. The highest BCUT2D eigenvalue weighted by Crippen LogP contribution is 2.17. The van der Waals surface area contributed by atoms with Crippen molar-refractivity contribution in [3.8, 4) is 5.75 Å². The van der Waals surface area contributed by atoms with E-state index < -0.39 is 0 Å². The van der Waals surface area contributed by atoms with Crippen LogP contribution in [0.4, 0.5) is 0 Å². The normalized spacial score (nSPS) is 10.2. The van der Waals surface area contributed by atoms with Gasteiger partial charge in [-0.25, -0.2) is 0 Å². The lowest BCUT2D eigenvalue weighted by atomic mass is 10.1. The van der Waals surface area contributed by atoms with Gasteiger partial charge in [-0.05, 0) is 25.1 Å². The zero-order valence-electron chi connectivity index (χ0n) is 7.59. The third-order valence-electron chi connectivity index (χ3n) is 1.81. The van der Waals surface area contributed by atoms with E-state index in [0.29, 0.717) is 5.75 Å². The predicted molar refractivity (Wildman–Crippen MR) is 50.2 cm³/mol. The highest BCUT2D eigenvalue weighted by atomic mass is 16.3. The Kier molecular flexibility index (Phi) is 3.11. The molecule has 2 nitrogen and oxygen atoms in total. The Morgan fingerprint density at radius 3 is 2.75 bits per heavy atom. The molecule has 1 aromatic carbocycles. The lowest BCUT2D eigenvalue weighted by molar-refractivity contribution is 0.464. The van der Waals surface area contributed by atoms with Gasteiger partial charge in [-0.15, -0.1) is 0 Å². The van der Waals surface area contributed by atoms with Crippen LogP contribution in [0, 0.1) is 6.92 Å². The van der Waals surface area contributed by atoms with Gasteiger partial charge in [-0.1, -0.05) is 19.1 Å².